The van der Waals surface area contributed by atoms with Crippen LogP contribution >= 0.6 is 15.9 Å². The summed E-state index contributed by atoms with van der Waals surface area (Å²) >= 11 is 3.41. The van der Waals surface area contributed by atoms with Gasteiger partial charge in [0.25, 0.3) is 0 Å². The van der Waals surface area contributed by atoms with Crippen LogP contribution in [0.3, 0.4) is 0 Å². The molecule has 0 bridgehead atoms. The summed E-state index contributed by atoms with van der Waals surface area (Å²) in [4.78, 5) is 11.5. The molecule has 1 aliphatic rings. The van der Waals surface area contributed by atoms with E-state index in [1.165, 1.54) is 5.56 Å². The molecule has 0 saturated carbocycles. The Bertz CT molecular complexity index is 378. The molecule has 1 atom stereocenters. The van der Waals surface area contributed by atoms with Crippen LogP contribution in [0.25, 0.3) is 0 Å². The largest absolute Gasteiger partial charge is 0.324 e. The lowest BCUT2D eigenvalue weighted by molar-refractivity contribution is -0.118. The van der Waals surface area contributed by atoms with Crippen molar-refractivity contribution in [3.8, 4) is 0 Å². The van der Waals surface area contributed by atoms with Crippen LogP contribution < -0.4 is 10.6 Å². The highest BCUT2D eigenvalue weighted by atomic mass is 79.9. The number of anilines is 1. The summed E-state index contributed by atoms with van der Waals surface area (Å²) in [6.07, 6.45) is 0.747. The Morgan fingerprint density at radius 3 is 3.07 bits per heavy atom. The number of nitrogens with one attached hydrogen (secondary N) is 2. The van der Waals surface area contributed by atoms with Crippen LogP contribution in [0.5, 0.6) is 0 Å². The van der Waals surface area contributed by atoms with Gasteiger partial charge in [-0.05, 0) is 37.2 Å². The second kappa shape index (κ2) is 3.71. The summed E-state index contributed by atoms with van der Waals surface area (Å²) in [5.74, 6) is 0.0438. The molecule has 0 aromatic heterocycles. The monoisotopic (exact) mass is 254 g/mol. The molecule has 0 spiro atoms. The number of fused-ring (bicyclic) bond motifs is 1. The molecule has 3 nitrogen and oxygen atoms in total. The van der Waals surface area contributed by atoms with Gasteiger partial charge in [-0.15, -0.1) is 0 Å². The fourth-order valence-electron chi connectivity index (χ4n) is 1.62. The highest BCUT2D eigenvalue weighted by molar-refractivity contribution is 9.10. The zero-order valence-electron chi connectivity index (χ0n) is 7.80. The second-order valence-electron chi connectivity index (χ2n) is 3.34. The molecular formula is C10H11BrN2O. The number of benzene rings is 1. The van der Waals surface area contributed by atoms with E-state index in [0.29, 0.717) is 0 Å². The van der Waals surface area contributed by atoms with E-state index in [4.69, 9.17) is 0 Å². The standard InChI is InChI=1S/C10H11BrN2O/c1-12-9-5-6-4-7(11)2-3-8(6)13-10(9)14/h2-4,9,12H,5H2,1H3,(H,13,14). The summed E-state index contributed by atoms with van der Waals surface area (Å²) in [6, 6.07) is 5.78. The van der Waals surface area contributed by atoms with Crippen molar-refractivity contribution in [1.82, 2.24) is 5.32 Å². The molecule has 1 aromatic carbocycles. The van der Waals surface area contributed by atoms with E-state index in [1.54, 1.807) is 7.05 Å². The predicted molar refractivity (Wildman–Crippen MR) is 59.3 cm³/mol. The first-order chi connectivity index (χ1) is 6.70. The van der Waals surface area contributed by atoms with Crippen molar-refractivity contribution >= 4 is 27.5 Å². The Hall–Kier alpha value is -0.870. The zero-order valence-corrected chi connectivity index (χ0v) is 9.39. The third-order valence-electron chi connectivity index (χ3n) is 2.41. The van der Waals surface area contributed by atoms with Gasteiger partial charge >= 0.3 is 0 Å². The third kappa shape index (κ3) is 1.67. The number of amides is 1. The van der Waals surface area contributed by atoms with Crippen molar-refractivity contribution in [2.24, 2.45) is 0 Å². The normalized spacial score (nSPS) is 20.1. The topological polar surface area (TPSA) is 41.1 Å². The van der Waals surface area contributed by atoms with Crippen LogP contribution in [-0.4, -0.2) is 19.0 Å². The van der Waals surface area contributed by atoms with Gasteiger partial charge in [-0.2, -0.15) is 0 Å². The van der Waals surface area contributed by atoms with Gasteiger partial charge in [0.1, 0.15) is 0 Å². The summed E-state index contributed by atoms with van der Waals surface area (Å²) in [7, 11) is 1.80. The molecule has 2 N–H and O–H groups in total. The van der Waals surface area contributed by atoms with E-state index < -0.39 is 0 Å². The number of rotatable bonds is 1. The van der Waals surface area contributed by atoms with Gasteiger partial charge in [0, 0.05) is 10.2 Å². The number of halogens is 1. The summed E-state index contributed by atoms with van der Waals surface area (Å²) in [5.41, 5.74) is 2.09. The van der Waals surface area contributed by atoms with Gasteiger partial charge in [-0.25, -0.2) is 0 Å². The van der Waals surface area contributed by atoms with Gasteiger partial charge < -0.3 is 10.6 Å². The van der Waals surface area contributed by atoms with Crippen LogP contribution in [0, 0.1) is 0 Å². The number of carbonyl (C=O) groups is 1. The van der Waals surface area contributed by atoms with Gasteiger partial charge in [-0.3, -0.25) is 4.79 Å². The lowest BCUT2D eigenvalue weighted by Gasteiger charge is -2.24. The predicted octanol–water partition coefficient (Wildman–Crippen LogP) is 1.53. The first-order valence-electron chi connectivity index (χ1n) is 4.47. The van der Waals surface area contributed by atoms with Crippen molar-refractivity contribution in [3.63, 3.8) is 0 Å². The minimum absolute atomic E-state index is 0.0438. The van der Waals surface area contributed by atoms with Gasteiger partial charge in [0.15, 0.2) is 0 Å². The average Bonchev–Trinajstić information content (AvgIpc) is 2.17. The molecule has 4 heteroatoms. The summed E-state index contributed by atoms with van der Waals surface area (Å²) in [6.45, 7) is 0. The van der Waals surface area contributed by atoms with Crippen molar-refractivity contribution in [1.29, 1.82) is 0 Å². The van der Waals surface area contributed by atoms with Crippen molar-refractivity contribution in [3.05, 3.63) is 28.2 Å². The maximum absolute atomic E-state index is 11.5. The lowest BCUT2D eigenvalue weighted by Crippen LogP contribution is -2.43. The molecule has 0 saturated heterocycles. The Morgan fingerprint density at radius 1 is 1.57 bits per heavy atom. The molecule has 0 fully saturated rings. The van der Waals surface area contributed by atoms with Crippen molar-refractivity contribution in [2.75, 3.05) is 12.4 Å². The van der Waals surface area contributed by atoms with E-state index in [0.717, 1.165) is 16.6 Å². The number of hydrogen-bond donors (Lipinski definition) is 2. The lowest BCUT2D eigenvalue weighted by atomic mass is 9.99. The zero-order chi connectivity index (χ0) is 10.1. The maximum Gasteiger partial charge on any atom is 0.241 e. The van der Waals surface area contributed by atoms with E-state index >= 15 is 0 Å². The number of hydrogen-bond acceptors (Lipinski definition) is 2. The molecule has 1 unspecified atom stereocenters. The molecule has 74 valence electrons. The Kier molecular flexibility index (Phi) is 2.56. The number of likely N-dealkylation sites (N-methyl/N-ethyl adjacent to an activating group) is 1. The van der Waals surface area contributed by atoms with E-state index in [9.17, 15) is 4.79 Å². The fourth-order valence-corrected chi connectivity index (χ4v) is 2.03. The van der Waals surface area contributed by atoms with Gasteiger partial charge in [0.2, 0.25) is 5.91 Å². The second-order valence-corrected chi connectivity index (χ2v) is 4.25. The van der Waals surface area contributed by atoms with Crippen LogP contribution in [-0.2, 0) is 11.2 Å². The Balaban J connectivity index is 2.36. The quantitative estimate of drug-likeness (QED) is 0.799. The van der Waals surface area contributed by atoms with Crippen molar-refractivity contribution in [2.45, 2.75) is 12.5 Å². The molecule has 0 radical (unpaired) electrons. The molecule has 14 heavy (non-hydrogen) atoms. The smallest absolute Gasteiger partial charge is 0.241 e. The molecule has 1 aromatic rings. The third-order valence-corrected chi connectivity index (χ3v) is 2.91. The summed E-state index contributed by atoms with van der Waals surface area (Å²) < 4.78 is 1.04. The Labute approximate surface area is 91.0 Å². The molecular weight excluding hydrogens is 244 g/mol. The fraction of sp³-hybridized carbons (Fsp3) is 0.300. The molecule has 1 heterocycles. The SMILES string of the molecule is CNC1Cc2cc(Br)ccc2NC1=O. The highest BCUT2D eigenvalue weighted by Gasteiger charge is 2.24. The van der Waals surface area contributed by atoms with Crippen LogP contribution in [0.4, 0.5) is 5.69 Å². The van der Waals surface area contributed by atoms with E-state index in [2.05, 4.69) is 26.6 Å². The first kappa shape index (κ1) is 9.68. The van der Waals surface area contributed by atoms with Gasteiger partial charge in [-0.1, -0.05) is 15.9 Å². The average molecular weight is 255 g/mol. The Morgan fingerprint density at radius 2 is 2.36 bits per heavy atom. The first-order valence-corrected chi connectivity index (χ1v) is 5.26. The molecule has 0 aliphatic carbocycles. The number of carbonyl (C=O) groups excluding carboxylic acids is 1. The van der Waals surface area contributed by atoms with E-state index in [-0.39, 0.29) is 11.9 Å². The highest BCUT2D eigenvalue weighted by Crippen LogP contribution is 2.25. The maximum atomic E-state index is 11.5. The van der Waals surface area contributed by atoms with Crippen LogP contribution in [0.2, 0.25) is 0 Å². The minimum atomic E-state index is -0.114. The van der Waals surface area contributed by atoms with E-state index in [1.807, 2.05) is 18.2 Å². The molecule has 2 rings (SSSR count). The molecule has 1 amide bonds. The summed E-state index contributed by atoms with van der Waals surface area (Å²) in [5, 5.41) is 5.85. The van der Waals surface area contributed by atoms with Gasteiger partial charge in [0.05, 0.1) is 6.04 Å². The van der Waals surface area contributed by atoms with Crippen LogP contribution in [0.1, 0.15) is 5.56 Å². The molecule has 1 aliphatic heterocycles. The minimum Gasteiger partial charge on any atom is -0.324 e. The van der Waals surface area contributed by atoms with Crippen molar-refractivity contribution < 1.29 is 4.79 Å². The van der Waals surface area contributed by atoms with Crippen LogP contribution in [0.15, 0.2) is 22.7 Å².